The van der Waals surface area contributed by atoms with Gasteiger partial charge in [-0.3, -0.25) is 4.79 Å². The average molecular weight is 378 g/mol. The number of aromatic nitrogens is 3. The third-order valence-electron chi connectivity index (χ3n) is 4.58. The number of carbonyl (C=O) groups is 1. The van der Waals surface area contributed by atoms with Crippen molar-refractivity contribution in [2.45, 2.75) is 0 Å². The Kier molecular flexibility index (Phi) is 5.09. The van der Waals surface area contributed by atoms with Crippen LogP contribution in [0.1, 0.15) is 10.4 Å². The molecule has 7 nitrogen and oxygen atoms in total. The molecule has 142 valence electrons. The van der Waals surface area contributed by atoms with Crippen LogP contribution >= 0.6 is 0 Å². The monoisotopic (exact) mass is 378 g/mol. The molecule has 1 amide bonds. The van der Waals surface area contributed by atoms with Gasteiger partial charge in [0, 0.05) is 44.1 Å². The van der Waals surface area contributed by atoms with Crippen LogP contribution in [0.2, 0.25) is 0 Å². The van der Waals surface area contributed by atoms with Crippen molar-refractivity contribution in [1.82, 2.24) is 15.0 Å². The fraction of sp³-hybridized carbons (Fsp3) is 0.200. The van der Waals surface area contributed by atoms with Crippen molar-refractivity contribution in [2.24, 2.45) is 0 Å². The first-order valence-electron chi connectivity index (χ1n) is 8.99. The Morgan fingerprint density at radius 1 is 0.893 bits per heavy atom. The van der Waals surface area contributed by atoms with E-state index >= 15 is 0 Å². The molecule has 0 unspecified atom stereocenters. The van der Waals surface area contributed by atoms with Crippen molar-refractivity contribution < 1.29 is 9.18 Å². The Labute approximate surface area is 161 Å². The number of piperazine rings is 1. The van der Waals surface area contributed by atoms with Gasteiger partial charge in [0.1, 0.15) is 11.6 Å². The SMILES string of the molecule is O=C(Nc1ccc(N2CCN(c3ncccn3)CC2)cn1)c1ccc(F)cc1. The third kappa shape index (κ3) is 4.06. The van der Waals surface area contributed by atoms with Crippen LogP contribution in [0.4, 0.5) is 21.8 Å². The predicted molar refractivity (Wildman–Crippen MR) is 105 cm³/mol. The van der Waals surface area contributed by atoms with Crippen molar-refractivity contribution in [3.05, 3.63) is 72.4 Å². The molecule has 4 rings (SSSR count). The number of hydrogen-bond acceptors (Lipinski definition) is 6. The Hall–Kier alpha value is -3.55. The molecular formula is C20H19FN6O. The van der Waals surface area contributed by atoms with E-state index in [1.807, 2.05) is 12.1 Å². The van der Waals surface area contributed by atoms with E-state index in [1.165, 1.54) is 24.3 Å². The van der Waals surface area contributed by atoms with Crippen molar-refractivity contribution >= 4 is 23.4 Å². The summed E-state index contributed by atoms with van der Waals surface area (Å²) in [5.41, 5.74) is 1.37. The van der Waals surface area contributed by atoms with E-state index in [4.69, 9.17) is 0 Å². The maximum Gasteiger partial charge on any atom is 0.256 e. The number of halogens is 1. The van der Waals surface area contributed by atoms with Crippen molar-refractivity contribution in [2.75, 3.05) is 41.3 Å². The molecule has 0 spiro atoms. The molecule has 28 heavy (non-hydrogen) atoms. The molecule has 0 bridgehead atoms. The number of pyridine rings is 1. The minimum absolute atomic E-state index is 0.322. The Balaban J connectivity index is 1.35. The number of rotatable bonds is 4. The van der Waals surface area contributed by atoms with Gasteiger partial charge in [0.25, 0.3) is 5.91 Å². The van der Waals surface area contributed by atoms with Gasteiger partial charge in [-0.05, 0) is 42.5 Å². The predicted octanol–water partition coefficient (Wildman–Crippen LogP) is 2.59. The molecule has 1 N–H and O–H groups in total. The molecule has 0 atom stereocenters. The van der Waals surface area contributed by atoms with Crippen LogP contribution in [0.25, 0.3) is 0 Å². The molecule has 1 saturated heterocycles. The topological polar surface area (TPSA) is 74.2 Å². The summed E-state index contributed by atoms with van der Waals surface area (Å²) in [6.45, 7) is 3.32. The molecule has 3 heterocycles. The summed E-state index contributed by atoms with van der Waals surface area (Å²) in [4.78, 5) is 29.5. The smallest absolute Gasteiger partial charge is 0.256 e. The van der Waals surface area contributed by atoms with Crippen molar-refractivity contribution in [3.8, 4) is 0 Å². The van der Waals surface area contributed by atoms with Gasteiger partial charge in [0.15, 0.2) is 0 Å². The van der Waals surface area contributed by atoms with Crippen molar-refractivity contribution in [1.29, 1.82) is 0 Å². The van der Waals surface area contributed by atoms with E-state index in [2.05, 4.69) is 30.1 Å². The fourth-order valence-corrected chi connectivity index (χ4v) is 3.06. The summed E-state index contributed by atoms with van der Waals surface area (Å²) >= 11 is 0. The second kappa shape index (κ2) is 7.99. The number of hydrogen-bond donors (Lipinski definition) is 1. The standard InChI is InChI=1S/C20H19FN6O/c21-16-4-2-15(3-5-16)19(28)25-18-7-6-17(14-24-18)26-10-12-27(13-11-26)20-22-8-1-9-23-20/h1-9,14H,10-13H2,(H,24,25,28). The van der Waals surface area contributed by atoms with Crippen LogP contribution in [-0.2, 0) is 0 Å². The molecule has 1 aromatic carbocycles. The molecule has 8 heteroatoms. The van der Waals surface area contributed by atoms with E-state index in [0.717, 1.165) is 37.8 Å². The first kappa shape index (κ1) is 17.8. The zero-order valence-corrected chi connectivity index (χ0v) is 15.1. The van der Waals surface area contributed by atoms with Crippen LogP contribution in [-0.4, -0.2) is 47.0 Å². The summed E-state index contributed by atoms with van der Waals surface area (Å²) in [5, 5.41) is 2.72. The highest BCUT2D eigenvalue weighted by Gasteiger charge is 2.19. The van der Waals surface area contributed by atoms with Crippen LogP contribution in [0.15, 0.2) is 61.1 Å². The number of nitrogens with zero attached hydrogens (tertiary/aromatic N) is 5. The van der Waals surface area contributed by atoms with Crippen LogP contribution in [0.5, 0.6) is 0 Å². The molecule has 3 aromatic rings. The maximum atomic E-state index is 13.0. The molecule has 0 saturated carbocycles. The summed E-state index contributed by atoms with van der Waals surface area (Å²) in [6.07, 6.45) is 5.24. The number of carbonyl (C=O) groups excluding carboxylic acids is 1. The summed E-state index contributed by atoms with van der Waals surface area (Å²) in [6, 6.07) is 10.9. The van der Waals surface area contributed by atoms with Crippen LogP contribution in [0.3, 0.4) is 0 Å². The summed E-state index contributed by atoms with van der Waals surface area (Å²) < 4.78 is 13.0. The largest absolute Gasteiger partial charge is 0.367 e. The molecule has 0 radical (unpaired) electrons. The minimum atomic E-state index is -0.377. The second-order valence-electron chi connectivity index (χ2n) is 6.39. The van der Waals surface area contributed by atoms with E-state index in [-0.39, 0.29) is 11.7 Å². The van der Waals surface area contributed by atoms with E-state index in [0.29, 0.717) is 11.4 Å². The third-order valence-corrected chi connectivity index (χ3v) is 4.58. The first-order valence-corrected chi connectivity index (χ1v) is 8.99. The lowest BCUT2D eigenvalue weighted by Crippen LogP contribution is -2.47. The number of anilines is 3. The second-order valence-corrected chi connectivity index (χ2v) is 6.39. The van der Waals surface area contributed by atoms with Crippen LogP contribution < -0.4 is 15.1 Å². The molecule has 2 aromatic heterocycles. The van der Waals surface area contributed by atoms with Gasteiger partial charge in [0.05, 0.1) is 11.9 Å². The fourth-order valence-electron chi connectivity index (χ4n) is 3.06. The maximum absolute atomic E-state index is 13.0. The van der Waals surface area contributed by atoms with Gasteiger partial charge in [-0.2, -0.15) is 0 Å². The first-order chi connectivity index (χ1) is 13.7. The van der Waals surface area contributed by atoms with E-state index < -0.39 is 0 Å². The van der Waals surface area contributed by atoms with Gasteiger partial charge in [-0.15, -0.1) is 0 Å². The average Bonchev–Trinajstić information content (AvgIpc) is 2.75. The van der Waals surface area contributed by atoms with Crippen molar-refractivity contribution in [3.63, 3.8) is 0 Å². The summed E-state index contributed by atoms with van der Waals surface area (Å²) in [7, 11) is 0. The molecular weight excluding hydrogens is 359 g/mol. The zero-order valence-electron chi connectivity index (χ0n) is 15.1. The normalized spacial score (nSPS) is 14.0. The number of nitrogens with one attached hydrogen (secondary N) is 1. The van der Waals surface area contributed by atoms with E-state index in [9.17, 15) is 9.18 Å². The zero-order chi connectivity index (χ0) is 19.3. The minimum Gasteiger partial charge on any atom is -0.367 e. The molecule has 1 aliphatic rings. The van der Waals surface area contributed by atoms with Gasteiger partial charge in [-0.25, -0.2) is 19.3 Å². The highest BCUT2D eigenvalue weighted by molar-refractivity contribution is 6.03. The van der Waals surface area contributed by atoms with Crippen LogP contribution in [0, 0.1) is 5.82 Å². The molecule has 1 fully saturated rings. The Bertz CT molecular complexity index is 925. The lowest BCUT2D eigenvalue weighted by Gasteiger charge is -2.35. The van der Waals surface area contributed by atoms with Gasteiger partial charge < -0.3 is 15.1 Å². The van der Waals surface area contributed by atoms with Gasteiger partial charge in [-0.1, -0.05) is 0 Å². The number of amides is 1. The lowest BCUT2D eigenvalue weighted by molar-refractivity contribution is 0.102. The quantitative estimate of drug-likeness (QED) is 0.752. The molecule has 0 aliphatic carbocycles. The van der Waals surface area contributed by atoms with Gasteiger partial charge >= 0.3 is 0 Å². The highest BCUT2D eigenvalue weighted by atomic mass is 19.1. The Morgan fingerprint density at radius 2 is 1.57 bits per heavy atom. The van der Waals surface area contributed by atoms with E-state index in [1.54, 1.807) is 24.7 Å². The number of benzene rings is 1. The highest BCUT2D eigenvalue weighted by Crippen LogP contribution is 2.19. The molecule has 1 aliphatic heterocycles. The summed E-state index contributed by atoms with van der Waals surface area (Å²) in [5.74, 6) is 0.503. The Morgan fingerprint density at radius 3 is 2.21 bits per heavy atom. The van der Waals surface area contributed by atoms with Gasteiger partial charge in [0.2, 0.25) is 5.95 Å². The lowest BCUT2D eigenvalue weighted by atomic mass is 10.2.